The first kappa shape index (κ1) is 10.7. The van der Waals surface area contributed by atoms with Gasteiger partial charge in [-0.25, -0.2) is 0 Å². The normalized spacial score (nSPS) is 26.7. The summed E-state index contributed by atoms with van der Waals surface area (Å²) in [7, 11) is 0. The summed E-state index contributed by atoms with van der Waals surface area (Å²) in [6, 6.07) is 3.64. The Labute approximate surface area is 88.8 Å². The predicted molar refractivity (Wildman–Crippen MR) is 53.3 cm³/mol. The number of rotatable bonds is 3. The van der Waals surface area contributed by atoms with E-state index < -0.39 is 11.9 Å². The molecule has 4 nitrogen and oxygen atoms in total. The van der Waals surface area contributed by atoms with E-state index in [1.54, 1.807) is 12.3 Å². The minimum atomic E-state index is -0.588. The predicted octanol–water partition coefficient (Wildman–Crippen LogP) is 1.33. The first-order chi connectivity index (χ1) is 7.07. The maximum absolute atomic E-state index is 9.89. The molecule has 1 fully saturated rings. The molecule has 2 atom stereocenters. The van der Waals surface area contributed by atoms with Gasteiger partial charge in [0, 0.05) is 6.42 Å². The van der Waals surface area contributed by atoms with Gasteiger partial charge in [-0.15, -0.1) is 0 Å². The molecule has 0 bridgehead atoms. The Bertz CT molecular complexity index is 304. The van der Waals surface area contributed by atoms with Crippen molar-refractivity contribution in [3.05, 3.63) is 24.2 Å². The van der Waals surface area contributed by atoms with Gasteiger partial charge in [0.15, 0.2) is 5.79 Å². The van der Waals surface area contributed by atoms with Crippen molar-refractivity contribution in [2.24, 2.45) is 0 Å². The second kappa shape index (κ2) is 3.96. The van der Waals surface area contributed by atoms with Crippen LogP contribution in [0.25, 0.3) is 0 Å². The molecule has 1 aliphatic rings. The van der Waals surface area contributed by atoms with E-state index >= 15 is 0 Å². The fourth-order valence-electron chi connectivity index (χ4n) is 1.67. The highest BCUT2D eigenvalue weighted by molar-refractivity contribution is 5.00. The fraction of sp³-hybridized carbons (Fsp3) is 0.636. The van der Waals surface area contributed by atoms with Crippen molar-refractivity contribution in [2.45, 2.75) is 38.3 Å². The second-order valence-electron chi connectivity index (χ2n) is 4.22. The maximum atomic E-state index is 9.89. The van der Waals surface area contributed by atoms with E-state index in [1.165, 1.54) is 0 Å². The summed E-state index contributed by atoms with van der Waals surface area (Å²) in [6.45, 7) is 4.11. The van der Waals surface area contributed by atoms with Gasteiger partial charge in [0.05, 0.1) is 19.0 Å². The van der Waals surface area contributed by atoms with Crippen molar-refractivity contribution >= 4 is 0 Å². The van der Waals surface area contributed by atoms with Crippen molar-refractivity contribution in [1.29, 1.82) is 0 Å². The Morgan fingerprint density at radius 3 is 2.93 bits per heavy atom. The van der Waals surface area contributed by atoms with Crippen LogP contribution in [0, 0.1) is 0 Å². The molecule has 2 heterocycles. The van der Waals surface area contributed by atoms with Gasteiger partial charge in [-0.3, -0.25) is 0 Å². The van der Waals surface area contributed by atoms with Gasteiger partial charge < -0.3 is 19.0 Å². The van der Waals surface area contributed by atoms with Crippen LogP contribution in [0.3, 0.4) is 0 Å². The minimum Gasteiger partial charge on any atom is -0.469 e. The van der Waals surface area contributed by atoms with E-state index in [1.807, 2.05) is 19.9 Å². The molecule has 0 aromatic carbocycles. The van der Waals surface area contributed by atoms with E-state index in [0.717, 1.165) is 5.76 Å². The van der Waals surface area contributed by atoms with Crippen LogP contribution in [0.15, 0.2) is 22.8 Å². The van der Waals surface area contributed by atoms with Crippen molar-refractivity contribution in [3.8, 4) is 0 Å². The van der Waals surface area contributed by atoms with Crippen molar-refractivity contribution in [2.75, 3.05) is 6.61 Å². The molecule has 1 aromatic rings. The van der Waals surface area contributed by atoms with Crippen LogP contribution in [0.5, 0.6) is 0 Å². The molecule has 84 valence electrons. The second-order valence-corrected chi connectivity index (χ2v) is 4.22. The lowest BCUT2D eigenvalue weighted by atomic mass is 10.1. The fourth-order valence-corrected chi connectivity index (χ4v) is 1.67. The van der Waals surface area contributed by atoms with Crippen LogP contribution in [-0.4, -0.2) is 29.7 Å². The van der Waals surface area contributed by atoms with Gasteiger partial charge in [-0.1, -0.05) is 0 Å². The lowest BCUT2D eigenvalue weighted by Crippen LogP contribution is -2.32. The summed E-state index contributed by atoms with van der Waals surface area (Å²) in [5, 5.41) is 9.89. The molecule has 0 amide bonds. The molecule has 0 saturated carbocycles. The van der Waals surface area contributed by atoms with Gasteiger partial charge in [0.2, 0.25) is 0 Å². The average molecular weight is 212 g/mol. The first-order valence-electron chi connectivity index (χ1n) is 5.09. The molecule has 0 aliphatic carbocycles. The summed E-state index contributed by atoms with van der Waals surface area (Å²) in [5.41, 5.74) is 0. The third kappa shape index (κ3) is 2.59. The van der Waals surface area contributed by atoms with Crippen LogP contribution < -0.4 is 0 Å². The molecule has 0 radical (unpaired) electrons. The first-order valence-corrected chi connectivity index (χ1v) is 5.09. The lowest BCUT2D eigenvalue weighted by Gasteiger charge is -2.19. The highest BCUT2D eigenvalue weighted by atomic mass is 16.7. The number of hydrogen-bond acceptors (Lipinski definition) is 4. The number of ether oxygens (including phenoxy) is 2. The molecule has 4 heteroatoms. The van der Waals surface area contributed by atoms with Crippen LogP contribution in [0.4, 0.5) is 0 Å². The molecule has 0 spiro atoms. The Balaban J connectivity index is 1.90. The monoisotopic (exact) mass is 212 g/mol. The van der Waals surface area contributed by atoms with Gasteiger partial charge in [0.1, 0.15) is 11.9 Å². The quantitative estimate of drug-likeness (QED) is 0.821. The maximum Gasteiger partial charge on any atom is 0.163 e. The molecule has 2 rings (SSSR count). The Hall–Kier alpha value is -0.840. The number of aliphatic hydroxyl groups is 1. The summed E-state index contributed by atoms with van der Waals surface area (Å²) < 4.78 is 16.1. The van der Waals surface area contributed by atoms with Crippen molar-refractivity contribution in [3.63, 3.8) is 0 Å². The van der Waals surface area contributed by atoms with E-state index in [2.05, 4.69) is 0 Å². The molecule has 1 aliphatic heterocycles. The van der Waals surface area contributed by atoms with E-state index in [4.69, 9.17) is 13.9 Å². The highest BCUT2D eigenvalue weighted by Crippen LogP contribution is 2.25. The molecule has 15 heavy (non-hydrogen) atoms. The van der Waals surface area contributed by atoms with E-state index in [-0.39, 0.29) is 6.10 Å². The largest absolute Gasteiger partial charge is 0.469 e. The number of furan rings is 1. The van der Waals surface area contributed by atoms with Gasteiger partial charge in [-0.2, -0.15) is 0 Å². The molecular formula is C11H16O4. The zero-order valence-corrected chi connectivity index (χ0v) is 8.97. The topological polar surface area (TPSA) is 51.8 Å². The van der Waals surface area contributed by atoms with E-state index in [9.17, 15) is 5.11 Å². The van der Waals surface area contributed by atoms with Gasteiger partial charge in [-0.05, 0) is 26.0 Å². The third-order valence-electron chi connectivity index (χ3n) is 2.45. The molecular weight excluding hydrogens is 196 g/mol. The Morgan fingerprint density at radius 1 is 1.60 bits per heavy atom. The standard InChI is InChI=1S/C11H16O4/c1-11(2)14-7-10(15-11)9(12)6-8-4-3-5-13-8/h3-5,9-10,12H,6-7H2,1-2H3. The summed E-state index contributed by atoms with van der Waals surface area (Å²) in [6.07, 6.45) is 1.19. The highest BCUT2D eigenvalue weighted by Gasteiger charge is 2.36. The third-order valence-corrected chi connectivity index (χ3v) is 2.45. The zero-order chi connectivity index (χ0) is 10.9. The van der Waals surface area contributed by atoms with Crippen LogP contribution in [-0.2, 0) is 15.9 Å². The summed E-state index contributed by atoms with van der Waals surface area (Å²) >= 11 is 0. The average Bonchev–Trinajstić information content (AvgIpc) is 2.74. The Morgan fingerprint density at radius 2 is 2.40 bits per heavy atom. The SMILES string of the molecule is CC1(C)OCC(C(O)Cc2ccco2)O1. The smallest absolute Gasteiger partial charge is 0.163 e. The zero-order valence-electron chi connectivity index (χ0n) is 8.97. The molecule has 1 saturated heterocycles. The Kier molecular flexibility index (Phi) is 2.82. The number of hydrogen-bond donors (Lipinski definition) is 1. The minimum absolute atomic E-state index is 0.273. The van der Waals surface area contributed by atoms with Gasteiger partial charge >= 0.3 is 0 Å². The molecule has 1 aromatic heterocycles. The van der Waals surface area contributed by atoms with Gasteiger partial charge in [0.25, 0.3) is 0 Å². The number of aliphatic hydroxyl groups excluding tert-OH is 1. The van der Waals surface area contributed by atoms with Crippen LogP contribution >= 0.6 is 0 Å². The van der Waals surface area contributed by atoms with E-state index in [0.29, 0.717) is 13.0 Å². The summed E-state index contributed by atoms with van der Waals surface area (Å²) in [5.74, 6) is 0.172. The van der Waals surface area contributed by atoms with Crippen molar-refractivity contribution in [1.82, 2.24) is 0 Å². The van der Waals surface area contributed by atoms with Crippen LogP contribution in [0.1, 0.15) is 19.6 Å². The van der Waals surface area contributed by atoms with Crippen molar-refractivity contribution < 1.29 is 19.0 Å². The summed E-state index contributed by atoms with van der Waals surface area (Å²) in [4.78, 5) is 0. The lowest BCUT2D eigenvalue weighted by molar-refractivity contribution is -0.151. The van der Waals surface area contributed by atoms with Crippen LogP contribution in [0.2, 0.25) is 0 Å². The molecule has 2 unspecified atom stereocenters. The molecule has 1 N–H and O–H groups in total.